The Bertz CT molecular complexity index is 477. The molecule has 108 valence electrons. The predicted octanol–water partition coefficient (Wildman–Crippen LogP) is 3.84. The van der Waals surface area contributed by atoms with Crippen molar-refractivity contribution in [1.82, 2.24) is 0 Å². The van der Waals surface area contributed by atoms with Crippen LogP contribution in [-0.2, 0) is 0 Å². The van der Waals surface area contributed by atoms with Crippen LogP contribution in [-0.4, -0.2) is 11.7 Å². The summed E-state index contributed by atoms with van der Waals surface area (Å²) in [5.74, 6) is 1.36. The van der Waals surface area contributed by atoms with Gasteiger partial charge in [0.1, 0.15) is 5.75 Å². The van der Waals surface area contributed by atoms with E-state index in [2.05, 4.69) is 13.0 Å². The zero-order valence-electron chi connectivity index (χ0n) is 12.3. The Kier molecular flexibility index (Phi) is 4.67. The Morgan fingerprint density at radius 2 is 2.10 bits per heavy atom. The van der Waals surface area contributed by atoms with E-state index < -0.39 is 11.5 Å². The summed E-state index contributed by atoms with van der Waals surface area (Å²) in [5.41, 5.74) is 0.195. The highest BCUT2D eigenvalue weighted by molar-refractivity contribution is 5.31. The van der Waals surface area contributed by atoms with Crippen LogP contribution in [0.15, 0.2) is 24.3 Å². The van der Waals surface area contributed by atoms with Gasteiger partial charge in [-0.1, -0.05) is 25.5 Å². The summed E-state index contributed by atoms with van der Waals surface area (Å²) in [6.07, 6.45) is 3.00. The molecule has 1 aliphatic carbocycles. The average Bonchev–Trinajstić information content (AvgIpc) is 2.92. The van der Waals surface area contributed by atoms with E-state index in [9.17, 15) is 10.4 Å². The van der Waals surface area contributed by atoms with Crippen molar-refractivity contribution in [2.75, 3.05) is 6.61 Å². The first kappa shape index (κ1) is 14.9. The molecule has 0 bridgehead atoms. The predicted molar refractivity (Wildman–Crippen MR) is 78.2 cm³/mol. The van der Waals surface area contributed by atoms with Crippen molar-refractivity contribution in [3.8, 4) is 11.8 Å². The fourth-order valence-corrected chi connectivity index (χ4v) is 3.17. The van der Waals surface area contributed by atoms with Gasteiger partial charge in [-0.15, -0.1) is 0 Å². The maximum Gasteiger partial charge on any atom is 0.119 e. The van der Waals surface area contributed by atoms with E-state index in [-0.39, 0.29) is 0 Å². The van der Waals surface area contributed by atoms with Gasteiger partial charge < -0.3 is 9.84 Å². The summed E-state index contributed by atoms with van der Waals surface area (Å²) < 4.78 is 5.41. The Labute approximate surface area is 121 Å². The number of benzene rings is 1. The van der Waals surface area contributed by atoms with E-state index in [1.165, 1.54) is 0 Å². The van der Waals surface area contributed by atoms with E-state index in [0.29, 0.717) is 12.5 Å². The van der Waals surface area contributed by atoms with Crippen LogP contribution in [0.5, 0.6) is 5.75 Å². The first-order chi connectivity index (χ1) is 9.65. The van der Waals surface area contributed by atoms with E-state index in [4.69, 9.17) is 4.74 Å². The third kappa shape index (κ3) is 2.81. The lowest BCUT2D eigenvalue weighted by Gasteiger charge is -2.28. The summed E-state index contributed by atoms with van der Waals surface area (Å²) in [4.78, 5) is 0. The zero-order chi connectivity index (χ0) is 14.6. The second-order valence-corrected chi connectivity index (χ2v) is 5.69. The molecule has 0 aromatic heterocycles. The number of aliphatic hydroxyl groups excluding tert-OH is 1. The van der Waals surface area contributed by atoms with Gasteiger partial charge in [0.25, 0.3) is 0 Å². The van der Waals surface area contributed by atoms with Crippen LogP contribution in [0, 0.1) is 22.7 Å². The largest absolute Gasteiger partial charge is 0.494 e. The molecule has 2 rings (SSSR count). The van der Waals surface area contributed by atoms with E-state index in [1.54, 1.807) is 0 Å². The lowest BCUT2D eigenvalue weighted by Crippen LogP contribution is -2.24. The molecule has 3 heteroatoms. The van der Waals surface area contributed by atoms with Gasteiger partial charge in [-0.25, -0.2) is 0 Å². The van der Waals surface area contributed by atoms with Gasteiger partial charge in [-0.05, 0) is 49.8 Å². The molecular weight excluding hydrogens is 250 g/mol. The minimum Gasteiger partial charge on any atom is -0.494 e. The Morgan fingerprint density at radius 3 is 2.60 bits per heavy atom. The molecule has 3 nitrogen and oxygen atoms in total. The lowest BCUT2D eigenvalue weighted by molar-refractivity contribution is 0.0640. The molecule has 0 saturated heterocycles. The van der Waals surface area contributed by atoms with Crippen molar-refractivity contribution in [2.24, 2.45) is 11.3 Å². The molecule has 20 heavy (non-hydrogen) atoms. The quantitative estimate of drug-likeness (QED) is 0.886. The molecule has 0 radical (unpaired) electrons. The first-order valence-corrected chi connectivity index (χ1v) is 7.47. The van der Waals surface area contributed by atoms with Crippen LogP contribution in [0.4, 0.5) is 0 Å². The minimum absolute atomic E-state index is 0.562. The third-order valence-electron chi connectivity index (χ3n) is 4.48. The maximum atomic E-state index is 10.6. The Morgan fingerprint density at radius 1 is 1.40 bits per heavy atom. The number of nitriles is 1. The molecule has 1 saturated carbocycles. The Balaban J connectivity index is 2.17. The number of rotatable bonds is 5. The summed E-state index contributed by atoms with van der Waals surface area (Å²) in [6, 6.07) is 9.86. The van der Waals surface area contributed by atoms with Gasteiger partial charge in [-0.2, -0.15) is 5.26 Å². The molecule has 1 fully saturated rings. The topological polar surface area (TPSA) is 53.2 Å². The van der Waals surface area contributed by atoms with E-state index in [0.717, 1.165) is 37.0 Å². The molecule has 3 atom stereocenters. The molecule has 3 unspecified atom stereocenters. The van der Waals surface area contributed by atoms with Crippen molar-refractivity contribution in [3.63, 3.8) is 0 Å². The molecule has 1 aromatic carbocycles. The number of hydrogen-bond donors (Lipinski definition) is 1. The number of ether oxygens (including phenoxy) is 1. The fourth-order valence-electron chi connectivity index (χ4n) is 3.17. The normalized spacial score (nSPS) is 27.0. The maximum absolute atomic E-state index is 10.6. The van der Waals surface area contributed by atoms with E-state index in [1.807, 2.05) is 31.2 Å². The summed E-state index contributed by atoms with van der Waals surface area (Å²) in [7, 11) is 0. The SMILES string of the molecule is CCOc1ccc(C(O)C2(C#N)CCC(CC)C2)cc1. The molecule has 0 aliphatic heterocycles. The van der Waals surface area contributed by atoms with Crippen molar-refractivity contribution < 1.29 is 9.84 Å². The molecule has 1 aliphatic rings. The highest BCUT2D eigenvalue weighted by Gasteiger charge is 2.45. The van der Waals surface area contributed by atoms with Crippen LogP contribution in [0.25, 0.3) is 0 Å². The van der Waals surface area contributed by atoms with Gasteiger partial charge in [-0.3, -0.25) is 0 Å². The molecule has 0 heterocycles. The van der Waals surface area contributed by atoms with Crippen molar-refractivity contribution in [2.45, 2.75) is 45.6 Å². The van der Waals surface area contributed by atoms with Crippen LogP contribution >= 0.6 is 0 Å². The molecular formula is C17H23NO2. The zero-order valence-corrected chi connectivity index (χ0v) is 12.3. The van der Waals surface area contributed by atoms with Crippen LogP contribution in [0.2, 0.25) is 0 Å². The third-order valence-corrected chi connectivity index (χ3v) is 4.48. The summed E-state index contributed by atoms with van der Waals surface area (Å²) >= 11 is 0. The fraction of sp³-hybridized carbons (Fsp3) is 0.588. The van der Waals surface area contributed by atoms with Crippen LogP contribution in [0.1, 0.15) is 51.2 Å². The molecule has 0 amide bonds. The summed E-state index contributed by atoms with van der Waals surface area (Å²) in [5, 5.41) is 20.2. The average molecular weight is 273 g/mol. The van der Waals surface area contributed by atoms with Gasteiger partial charge in [0.15, 0.2) is 0 Å². The smallest absolute Gasteiger partial charge is 0.119 e. The van der Waals surface area contributed by atoms with Crippen molar-refractivity contribution >= 4 is 0 Å². The number of hydrogen-bond acceptors (Lipinski definition) is 3. The monoisotopic (exact) mass is 273 g/mol. The second kappa shape index (κ2) is 6.28. The molecule has 1 aromatic rings. The Hall–Kier alpha value is -1.53. The molecule has 1 N–H and O–H groups in total. The van der Waals surface area contributed by atoms with Crippen LogP contribution < -0.4 is 4.74 Å². The van der Waals surface area contributed by atoms with Crippen molar-refractivity contribution in [1.29, 1.82) is 5.26 Å². The van der Waals surface area contributed by atoms with Gasteiger partial charge in [0.2, 0.25) is 0 Å². The van der Waals surface area contributed by atoms with Gasteiger partial charge in [0.05, 0.1) is 24.2 Å². The summed E-state index contributed by atoms with van der Waals surface area (Å²) in [6.45, 7) is 4.72. The van der Waals surface area contributed by atoms with E-state index >= 15 is 0 Å². The standard InChI is InChI=1S/C17H23NO2/c1-3-13-9-10-17(11-13,12-18)16(19)14-5-7-15(8-6-14)20-4-2/h5-8,13,16,19H,3-4,9-11H2,1-2H3. The number of nitrogens with zero attached hydrogens (tertiary/aromatic N) is 1. The first-order valence-electron chi connectivity index (χ1n) is 7.47. The number of aliphatic hydroxyl groups is 1. The second-order valence-electron chi connectivity index (χ2n) is 5.69. The van der Waals surface area contributed by atoms with Gasteiger partial charge in [0, 0.05) is 0 Å². The highest BCUT2D eigenvalue weighted by Crippen LogP contribution is 2.50. The lowest BCUT2D eigenvalue weighted by atomic mass is 9.78. The highest BCUT2D eigenvalue weighted by atomic mass is 16.5. The van der Waals surface area contributed by atoms with Gasteiger partial charge >= 0.3 is 0 Å². The van der Waals surface area contributed by atoms with Crippen LogP contribution in [0.3, 0.4) is 0 Å². The molecule has 0 spiro atoms. The van der Waals surface area contributed by atoms with Crippen molar-refractivity contribution in [3.05, 3.63) is 29.8 Å². The minimum atomic E-state index is -0.709.